The van der Waals surface area contributed by atoms with Crippen molar-refractivity contribution in [2.24, 2.45) is 0 Å². The van der Waals surface area contributed by atoms with Gasteiger partial charge in [-0.25, -0.2) is 0 Å². The lowest BCUT2D eigenvalue weighted by Gasteiger charge is -2.25. The SMILES string of the molecule is CC1(C)c2ccccc2-c2ccc(-c3c4c(c(-c5ccc6c(c5)C(C)(C)c5ccccc5-6)c5ccccc35)-c3ccc5c6c(ccc-4c36)CC5)cc21. The lowest BCUT2D eigenvalue weighted by atomic mass is 9.78. The van der Waals surface area contributed by atoms with Crippen LogP contribution < -0.4 is 0 Å². The topological polar surface area (TPSA) is 0 Å². The van der Waals surface area contributed by atoms with Crippen LogP contribution in [0.25, 0.3) is 88.3 Å². The normalized spacial score (nSPS) is 15.8. The first kappa shape index (κ1) is 28.9. The molecule has 4 aliphatic rings. The van der Waals surface area contributed by atoms with E-state index in [0.717, 1.165) is 12.8 Å². The third-order valence-electron chi connectivity index (χ3n) is 13.5. The van der Waals surface area contributed by atoms with Gasteiger partial charge < -0.3 is 0 Å². The summed E-state index contributed by atoms with van der Waals surface area (Å²) in [5.74, 6) is 0. The van der Waals surface area contributed by atoms with Crippen LogP contribution in [0.2, 0.25) is 0 Å². The molecule has 0 unspecified atom stereocenters. The van der Waals surface area contributed by atoms with Gasteiger partial charge in [-0.1, -0.05) is 149 Å². The monoisotopic (exact) mass is 662 g/mol. The molecule has 0 N–H and O–H groups in total. The predicted octanol–water partition coefficient (Wildman–Crippen LogP) is 13.7. The smallest absolute Gasteiger partial charge is 0.0159 e. The van der Waals surface area contributed by atoms with Crippen molar-refractivity contribution in [1.29, 1.82) is 0 Å². The van der Waals surface area contributed by atoms with Crippen LogP contribution >= 0.6 is 0 Å². The summed E-state index contributed by atoms with van der Waals surface area (Å²) >= 11 is 0. The first-order valence-electron chi connectivity index (χ1n) is 19.0. The lowest BCUT2D eigenvalue weighted by molar-refractivity contribution is 0.660. The largest absolute Gasteiger partial charge is 0.0619 e. The summed E-state index contributed by atoms with van der Waals surface area (Å²) in [6, 6.07) is 51.7. The Morgan fingerprint density at radius 1 is 0.346 bits per heavy atom. The average molecular weight is 663 g/mol. The van der Waals surface area contributed by atoms with E-state index < -0.39 is 0 Å². The van der Waals surface area contributed by atoms with E-state index in [0.29, 0.717) is 0 Å². The summed E-state index contributed by atoms with van der Waals surface area (Å²) in [6.07, 6.45) is 2.27. The maximum absolute atomic E-state index is 2.53. The summed E-state index contributed by atoms with van der Waals surface area (Å²) in [5, 5.41) is 5.62. The van der Waals surface area contributed by atoms with Crippen molar-refractivity contribution < 1.29 is 0 Å². The van der Waals surface area contributed by atoms with Crippen molar-refractivity contribution in [2.75, 3.05) is 0 Å². The van der Waals surface area contributed by atoms with Crippen molar-refractivity contribution in [2.45, 2.75) is 51.4 Å². The molecule has 4 aliphatic carbocycles. The molecular formula is C52H38. The minimum Gasteiger partial charge on any atom is -0.0619 e. The van der Waals surface area contributed by atoms with Crippen molar-refractivity contribution in [3.05, 3.63) is 167 Å². The highest BCUT2D eigenvalue weighted by Crippen LogP contribution is 2.60. The Labute approximate surface area is 305 Å². The first-order valence-corrected chi connectivity index (χ1v) is 19.0. The van der Waals surface area contributed by atoms with E-state index in [2.05, 4.69) is 161 Å². The molecule has 0 aromatic heterocycles. The molecule has 0 saturated heterocycles. The summed E-state index contributed by atoms with van der Waals surface area (Å²) in [7, 11) is 0. The molecule has 0 heteroatoms. The van der Waals surface area contributed by atoms with E-state index in [9.17, 15) is 0 Å². The molecular weight excluding hydrogens is 625 g/mol. The molecule has 0 nitrogen and oxygen atoms in total. The van der Waals surface area contributed by atoms with Crippen LogP contribution in [0.15, 0.2) is 133 Å². The molecule has 0 amide bonds. The molecule has 8 aromatic rings. The molecule has 0 radical (unpaired) electrons. The van der Waals surface area contributed by atoms with Crippen LogP contribution in [0.1, 0.15) is 61.1 Å². The van der Waals surface area contributed by atoms with E-state index >= 15 is 0 Å². The average Bonchev–Trinajstić information content (AvgIpc) is 3.87. The highest BCUT2D eigenvalue weighted by atomic mass is 14.4. The second kappa shape index (κ2) is 9.58. The highest BCUT2D eigenvalue weighted by Gasteiger charge is 2.39. The van der Waals surface area contributed by atoms with E-state index in [1.807, 2.05) is 0 Å². The Kier molecular flexibility index (Phi) is 5.33. The number of hydrogen-bond acceptors (Lipinski definition) is 0. The molecule has 0 aliphatic heterocycles. The Morgan fingerprint density at radius 3 is 1.23 bits per heavy atom. The molecule has 8 aromatic carbocycles. The van der Waals surface area contributed by atoms with Gasteiger partial charge in [-0.3, -0.25) is 0 Å². The van der Waals surface area contributed by atoms with Crippen LogP contribution in [0.4, 0.5) is 0 Å². The van der Waals surface area contributed by atoms with Crippen molar-refractivity contribution in [3.63, 3.8) is 0 Å². The molecule has 0 bridgehead atoms. The summed E-state index contributed by atoms with van der Waals surface area (Å²) in [4.78, 5) is 0. The minimum atomic E-state index is -0.0683. The van der Waals surface area contributed by atoms with Gasteiger partial charge in [0.2, 0.25) is 0 Å². The second-order valence-electron chi connectivity index (χ2n) is 16.7. The minimum absolute atomic E-state index is 0.0683. The fourth-order valence-corrected chi connectivity index (χ4v) is 11.0. The predicted molar refractivity (Wildman–Crippen MR) is 219 cm³/mol. The van der Waals surface area contributed by atoms with Gasteiger partial charge in [-0.05, 0) is 147 Å². The molecule has 0 spiro atoms. The Morgan fingerprint density at radius 2 is 0.750 bits per heavy atom. The second-order valence-corrected chi connectivity index (χ2v) is 16.7. The van der Waals surface area contributed by atoms with Gasteiger partial charge in [0.25, 0.3) is 0 Å². The van der Waals surface area contributed by atoms with E-state index in [-0.39, 0.29) is 10.8 Å². The molecule has 246 valence electrons. The Balaban J connectivity index is 1.20. The van der Waals surface area contributed by atoms with Gasteiger partial charge in [0.15, 0.2) is 0 Å². The number of aryl methyl sites for hydroxylation is 2. The van der Waals surface area contributed by atoms with E-state index in [4.69, 9.17) is 0 Å². The fraction of sp³-hybridized carbons (Fsp3) is 0.154. The van der Waals surface area contributed by atoms with Crippen LogP contribution in [-0.4, -0.2) is 0 Å². The van der Waals surface area contributed by atoms with Crippen LogP contribution in [0.5, 0.6) is 0 Å². The first-order chi connectivity index (χ1) is 25.3. The van der Waals surface area contributed by atoms with Crippen LogP contribution in [0.3, 0.4) is 0 Å². The van der Waals surface area contributed by atoms with Crippen molar-refractivity contribution in [3.8, 4) is 66.8 Å². The zero-order valence-electron chi connectivity index (χ0n) is 30.1. The fourth-order valence-electron chi connectivity index (χ4n) is 11.0. The van der Waals surface area contributed by atoms with Gasteiger partial charge >= 0.3 is 0 Å². The van der Waals surface area contributed by atoms with Crippen molar-refractivity contribution in [1.82, 2.24) is 0 Å². The molecule has 0 heterocycles. The van der Waals surface area contributed by atoms with Crippen LogP contribution in [0, 0.1) is 0 Å². The van der Waals surface area contributed by atoms with Crippen LogP contribution in [-0.2, 0) is 23.7 Å². The zero-order chi connectivity index (χ0) is 34.7. The number of fused-ring (bicyclic) bond motifs is 10. The van der Waals surface area contributed by atoms with Gasteiger partial charge in [-0.15, -0.1) is 0 Å². The standard InChI is InChI=1S/C52H38/c1-51(2)41-15-9-7-11-33(41)35-23-21-31(27-43(35)51)46-37-13-5-6-14-38(37)47(32-22-24-36-34-12-8-10-16-42(34)52(3,4)44(36)28-32)50-40-26-20-30-18-17-29-19-25-39(49(46)50)48(40)45(29)30/h5-16,19-28H,17-18H2,1-4H3. The third-order valence-corrected chi connectivity index (χ3v) is 13.5. The maximum Gasteiger partial charge on any atom is 0.0159 e. The maximum atomic E-state index is 2.53. The quantitative estimate of drug-likeness (QED) is 0.173. The number of rotatable bonds is 2. The Bertz CT molecular complexity index is 2750. The molecule has 12 rings (SSSR count). The molecule has 0 fully saturated rings. The number of hydrogen-bond donors (Lipinski definition) is 0. The third kappa shape index (κ3) is 3.40. The summed E-state index contributed by atoms with van der Waals surface area (Å²) < 4.78 is 0. The lowest BCUT2D eigenvalue weighted by Crippen LogP contribution is -2.15. The summed E-state index contributed by atoms with van der Waals surface area (Å²) in [5.41, 5.74) is 25.0. The van der Waals surface area contributed by atoms with Gasteiger partial charge in [0.05, 0.1) is 0 Å². The summed E-state index contributed by atoms with van der Waals surface area (Å²) in [6.45, 7) is 9.59. The van der Waals surface area contributed by atoms with Gasteiger partial charge in [-0.2, -0.15) is 0 Å². The van der Waals surface area contributed by atoms with E-state index in [1.165, 1.54) is 122 Å². The zero-order valence-corrected chi connectivity index (χ0v) is 30.1. The molecule has 0 atom stereocenters. The van der Waals surface area contributed by atoms with E-state index in [1.54, 1.807) is 0 Å². The van der Waals surface area contributed by atoms with Gasteiger partial charge in [0, 0.05) is 10.8 Å². The Hall–Kier alpha value is -5.72. The molecule has 52 heavy (non-hydrogen) atoms. The van der Waals surface area contributed by atoms with Gasteiger partial charge in [0.1, 0.15) is 0 Å². The van der Waals surface area contributed by atoms with Crippen molar-refractivity contribution >= 4 is 21.5 Å². The number of benzene rings is 8. The highest BCUT2D eigenvalue weighted by molar-refractivity contribution is 6.28. The molecule has 0 saturated carbocycles.